The zero-order chi connectivity index (χ0) is 16.0. The molecule has 2 amide bonds. The van der Waals surface area contributed by atoms with Crippen LogP contribution in [0, 0.1) is 0 Å². The van der Waals surface area contributed by atoms with Crippen molar-refractivity contribution >= 4 is 29.3 Å². The molecule has 6 nitrogen and oxygen atoms in total. The first-order valence-electron chi connectivity index (χ1n) is 6.45. The Hall–Kier alpha value is -1.79. The summed E-state index contributed by atoms with van der Waals surface area (Å²) in [4.78, 5) is 24.8. The average molecular weight is 315 g/mol. The van der Waals surface area contributed by atoms with Gasteiger partial charge < -0.3 is 20.1 Å². The number of hydrogen-bond acceptors (Lipinski definition) is 3. The van der Waals surface area contributed by atoms with Crippen LogP contribution in [-0.4, -0.2) is 48.3 Å². The Morgan fingerprint density at radius 3 is 2.57 bits per heavy atom. The fourth-order valence-electron chi connectivity index (χ4n) is 1.76. The summed E-state index contributed by atoms with van der Waals surface area (Å²) in [5.41, 5.74) is 0.360. The summed E-state index contributed by atoms with van der Waals surface area (Å²) < 4.78 is 4.97. The first-order chi connectivity index (χ1) is 9.85. The van der Waals surface area contributed by atoms with E-state index in [9.17, 15) is 9.59 Å². The van der Waals surface area contributed by atoms with Crippen LogP contribution in [0.25, 0.3) is 0 Å². The van der Waals surface area contributed by atoms with E-state index in [1.165, 1.54) is 18.2 Å². The SMILES string of the molecule is COCCN(C(=O)Nc1cc(Cl)cc(C(=O)O)c1)C(C)C. The number of carboxylic acids is 1. The van der Waals surface area contributed by atoms with Crippen molar-refractivity contribution in [1.82, 2.24) is 4.90 Å². The number of halogens is 1. The van der Waals surface area contributed by atoms with Crippen LogP contribution in [0.3, 0.4) is 0 Å². The predicted molar refractivity (Wildman–Crippen MR) is 81.1 cm³/mol. The molecule has 0 saturated heterocycles. The molecule has 7 heteroatoms. The van der Waals surface area contributed by atoms with Crippen LogP contribution in [0.1, 0.15) is 24.2 Å². The van der Waals surface area contributed by atoms with E-state index in [1.54, 1.807) is 12.0 Å². The fraction of sp³-hybridized carbons (Fsp3) is 0.429. The van der Waals surface area contributed by atoms with Gasteiger partial charge in [-0.1, -0.05) is 11.6 Å². The molecule has 1 aromatic carbocycles. The van der Waals surface area contributed by atoms with Gasteiger partial charge in [0, 0.05) is 30.4 Å². The number of carboxylic acid groups (broad SMARTS) is 1. The number of carbonyl (C=O) groups is 2. The van der Waals surface area contributed by atoms with Crippen molar-refractivity contribution in [1.29, 1.82) is 0 Å². The minimum Gasteiger partial charge on any atom is -0.478 e. The second-order valence-corrected chi connectivity index (χ2v) is 5.18. The molecule has 0 atom stereocenters. The van der Waals surface area contributed by atoms with Gasteiger partial charge in [-0.05, 0) is 32.0 Å². The third kappa shape index (κ3) is 5.24. The molecule has 2 N–H and O–H groups in total. The minimum atomic E-state index is -1.10. The second-order valence-electron chi connectivity index (χ2n) is 4.74. The Morgan fingerprint density at radius 1 is 1.38 bits per heavy atom. The van der Waals surface area contributed by atoms with Gasteiger partial charge in [0.15, 0.2) is 0 Å². The number of carbonyl (C=O) groups excluding carboxylic acids is 1. The predicted octanol–water partition coefficient (Wildman–Crippen LogP) is 2.93. The molecule has 0 spiro atoms. The number of amides is 2. The van der Waals surface area contributed by atoms with Gasteiger partial charge in [0.2, 0.25) is 0 Å². The fourth-order valence-corrected chi connectivity index (χ4v) is 2.00. The maximum absolute atomic E-state index is 12.2. The first-order valence-corrected chi connectivity index (χ1v) is 6.83. The highest BCUT2D eigenvalue weighted by atomic mass is 35.5. The molecule has 0 aliphatic carbocycles. The molecule has 21 heavy (non-hydrogen) atoms. The van der Waals surface area contributed by atoms with Crippen molar-refractivity contribution < 1.29 is 19.4 Å². The highest BCUT2D eigenvalue weighted by Gasteiger charge is 2.17. The number of aromatic carboxylic acids is 1. The number of rotatable bonds is 6. The summed E-state index contributed by atoms with van der Waals surface area (Å²) in [6.07, 6.45) is 0. The molecule has 1 aromatic rings. The summed E-state index contributed by atoms with van der Waals surface area (Å²) >= 11 is 5.86. The molecule has 0 aliphatic rings. The van der Waals surface area contributed by atoms with Crippen LogP contribution in [0.15, 0.2) is 18.2 Å². The van der Waals surface area contributed by atoms with Crippen molar-refractivity contribution in [3.63, 3.8) is 0 Å². The average Bonchev–Trinajstić information content (AvgIpc) is 2.37. The molecule has 0 unspecified atom stereocenters. The molecular formula is C14H19ClN2O4. The zero-order valence-electron chi connectivity index (χ0n) is 12.2. The van der Waals surface area contributed by atoms with Crippen LogP contribution >= 0.6 is 11.6 Å². The first kappa shape index (κ1) is 17.3. The lowest BCUT2D eigenvalue weighted by Crippen LogP contribution is -2.42. The monoisotopic (exact) mass is 314 g/mol. The molecule has 0 fully saturated rings. The van der Waals surface area contributed by atoms with Gasteiger partial charge >= 0.3 is 12.0 Å². The van der Waals surface area contributed by atoms with E-state index < -0.39 is 5.97 Å². The Balaban J connectivity index is 2.88. The molecule has 0 aliphatic heterocycles. The Bertz CT molecular complexity index is 520. The van der Waals surface area contributed by atoms with Crippen LogP contribution in [-0.2, 0) is 4.74 Å². The number of nitrogens with one attached hydrogen (secondary N) is 1. The van der Waals surface area contributed by atoms with Gasteiger partial charge in [-0.15, -0.1) is 0 Å². The minimum absolute atomic E-state index is 0.0155. The molecule has 0 radical (unpaired) electrons. The topological polar surface area (TPSA) is 78.9 Å². The maximum Gasteiger partial charge on any atom is 0.335 e. The van der Waals surface area contributed by atoms with Crippen LogP contribution in [0.4, 0.5) is 10.5 Å². The van der Waals surface area contributed by atoms with Crippen LogP contribution < -0.4 is 5.32 Å². The van der Waals surface area contributed by atoms with Crippen LogP contribution in [0.5, 0.6) is 0 Å². The second kappa shape index (κ2) is 7.85. The zero-order valence-corrected chi connectivity index (χ0v) is 13.0. The summed E-state index contributed by atoms with van der Waals surface area (Å²) in [6.45, 7) is 4.62. The number of ether oxygens (including phenoxy) is 1. The molecule has 0 bridgehead atoms. The van der Waals surface area contributed by atoms with Crippen molar-refractivity contribution in [2.45, 2.75) is 19.9 Å². The van der Waals surface area contributed by atoms with Gasteiger partial charge in [-0.3, -0.25) is 0 Å². The Kier molecular flexibility index (Phi) is 6.45. The van der Waals surface area contributed by atoms with Crippen molar-refractivity contribution in [3.8, 4) is 0 Å². The highest BCUT2D eigenvalue weighted by Crippen LogP contribution is 2.20. The number of benzene rings is 1. The summed E-state index contributed by atoms with van der Waals surface area (Å²) in [6, 6.07) is 3.84. The van der Waals surface area contributed by atoms with Gasteiger partial charge in [0.1, 0.15) is 0 Å². The molecular weight excluding hydrogens is 296 g/mol. The van der Waals surface area contributed by atoms with Crippen molar-refractivity contribution in [2.75, 3.05) is 25.6 Å². The van der Waals surface area contributed by atoms with Gasteiger partial charge in [-0.25, -0.2) is 9.59 Å². The van der Waals surface area contributed by atoms with Crippen molar-refractivity contribution in [3.05, 3.63) is 28.8 Å². The van der Waals surface area contributed by atoms with E-state index in [-0.39, 0.29) is 22.7 Å². The third-order valence-electron chi connectivity index (χ3n) is 2.82. The third-order valence-corrected chi connectivity index (χ3v) is 3.03. The number of urea groups is 1. The number of hydrogen-bond donors (Lipinski definition) is 2. The normalized spacial score (nSPS) is 10.5. The van der Waals surface area contributed by atoms with E-state index in [1.807, 2.05) is 13.8 Å². The Labute approximate surface area is 128 Å². The van der Waals surface area contributed by atoms with E-state index in [0.717, 1.165) is 0 Å². The number of methoxy groups -OCH3 is 1. The van der Waals surface area contributed by atoms with E-state index >= 15 is 0 Å². The highest BCUT2D eigenvalue weighted by molar-refractivity contribution is 6.31. The van der Waals surface area contributed by atoms with E-state index in [0.29, 0.717) is 18.8 Å². The summed E-state index contributed by atoms with van der Waals surface area (Å²) in [5, 5.41) is 11.9. The van der Waals surface area contributed by atoms with Gasteiger partial charge in [0.05, 0.1) is 12.2 Å². The lowest BCUT2D eigenvalue weighted by Gasteiger charge is -2.26. The molecule has 116 valence electrons. The summed E-state index contributed by atoms with van der Waals surface area (Å²) in [5.74, 6) is -1.10. The van der Waals surface area contributed by atoms with E-state index in [2.05, 4.69) is 5.32 Å². The van der Waals surface area contributed by atoms with Gasteiger partial charge in [0.25, 0.3) is 0 Å². The van der Waals surface area contributed by atoms with Crippen LogP contribution in [0.2, 0.25) is 5.02 Å². The number of nitrogens with zero attached hydrogens (tertiary/aromatic N) is 1. The molecule has 0 aromatic heterocycles. The largest absolute Gasteiger partial charge is 0.478 e. The molecule has 1 rings (SSSR count). The quantitative estimate of drug-likeness (QED) is 0.846. The van der Waals surface area contributed by atoms with Gasteiger partial charge in [-0.2, -0.15) is 0 Å². The lowest BCUT2D eigenvalue weighted by atomic mass is 10.2. The molecule has 0 heterocycles. The number of anilines is 1. The van der Waals surface area contributed by atoms with E-state index in [4.69, 9.17) is 21.4 Å². The lowest BCUT2D eigenvalue weighted by molar-refractivity contribution is 0.0697. The maximum atomic E-state index is 12.2. The smallest absolute Gasteiger partial charge is 0.335 e. The standard InChI is InChI=1S/C14H19ClN2O4/c1-9(2)17(4-5-21-3)14(20)16-12-7-10(13(18)19)6-11(15)8-12/h6-9H,4-5H2,1-3H3,(H,16,20)(H,18,19). The molecule has 0 saturated carbocycles. The Morgan fingerprint density at radius 2 is 2.05 bits per heavy atom. The summed E-state index contributed by atoms with van der Waals surface area (Å²) in [7, 11) is 1.56. The van der Waals surface area contributed by atoms with Crippen molar-refractivity contribution in [2.24, 2.45) is 0 Å².